The van der Waals surface area contributed by atoms with E-state index >= 15 is 0 Å². The fraction of sp³-hybridized carbons (Fsp3) is 0.889. The van der Waals surface area contributed by atoms with Gasteiger partial charge in [0.15, 0.2) is 0 Å². The van der Waals surface area contributed by atoms with Crippen molar-refractivity contribution in [2.75, 3.05) is 6.54 Å². The van der Waals surface area contributed by atoms with E-state index in [2.05, 4.69) is 19.2 Å². The van der Waals surface area contributed by atoms with Crippen molar-refractivity contribution in [3.05, 3.63) is 0 Å². The number of hydrogen-bond donors (Lipinski definition) is 2. The number of hydrogen-bond acceptors (Lipinski definition) is 2. The van der Waals surface area contributed by atoms with Crippen molar-refractivity contribution < 1.29 is 9.90 Å². The van der Waals surface area contributed by atoms with Crippen LogP contribution in [-0.4, -0.2) is 23.7 Å². The first-order valence-corrected chi connectivity index (χ1v) is 4.57. The van der Waals surface area contributed by atoms with Gasteiger partial charge in [0.25, 0.3) is 0 Å². The lowest BCUT2D eigenvalue weighted by Crippen LogP contribution is -2.48. The van der Waals surface area contributed by atoms with Gasteiger partial charge in [0, 0.05) is 6.04 Å². The van der Waals surface area contributed by atoms with Crippen molar-refractivity contribution in [2.24, 2.45) is 11.8 Å². The predicted octanol–water partition coefficient (Wildman–Crippen LogP) is 1.10. The highest BCUT2D eigenvalue weighted by atomic mass is 16.4. The van der Waals surface area contributed by atoms with Crippen LogP contribution in [0.25, 0.3) is 0 Å². The second-order valence-electron chi connectivity index (χ2n) is 3.93. The number of carbonyl (C=O) groups is 1. The van der Waals surface area contributed by atoms with E-state index in [4.69, 9.17) is 5.11 Å². The largest absolute Gasteiger partial charge is 0.481 e. The molecule has 0 aromatic rings. The van der Waals surface area contributed by atoms with Gasteiger partial charge in [0.1, 0.15) is 0 Å². The molecule has 1 saturated carbocycles. The van der Waals surface area contributed by atoms with Gasteiger partial charge >= 0.3 is 5.97 Å². The standard InChI is InChI=1S/C9H17NO2/c1-6(2)5-10-8-4-3-7(8)9(11)12/h6-8,10H,3-5H2,1-2H3,(H,11,12). The van der Waals surface area contributed by atoms with Gasteiger partial charge in [-0.05, 0) is 25.3 Å². The van der Waals surface area contributed by atoms with Gasteiger partial charge in [-0.1, -0.05) is 13.8 Å². The molecule has 0 saturated heterocycles. The third-order valence-electron chi connectivity index (χ3n) is 2.38. The van der Waals surface area contributed by atoms with Crippen LogP contribution in [0.2, 0.25) is 0 Å². The van der Waals surface area contributed by atoms with Crippen LogP contribution in [0.15, 0.2) is 0 Å². The lowest BCUT2D eigenvalue weighted by Gasteiger charge is -2.34. The second-order valence-corrected chi connectivity index (χ2v) is 3.93. The molecule has 1 fully saturated rings. The van der Waals surface area contributed by atoms with E-state index in [1.165, 1.54) is 0 Å². The van der Waals surface area contributed by atoms with E-state index in [9.17, 15) is 4.79 Å². The van der Waals surface area contributed by atoms with Crippen LogP contribution in [0.5, 0.6) is 0 Å². The molecule has 2 unspecified atom stereocenters. The Morgan fingerprint density at radius 3 is 2.58 bits per heavy atom. The number of rotatable bonds is 4. The van der Waals surface area contributed by atoms with E-state index in [1.54, 1.807) is 0 Å². The van der Waals surface area contributed by atoms with Crippen molar-refractivity contribution >= 4 is 5.97 Å². The molecular formula is C9H17NO2. The first-order valence-electron chi connectivity index (χ1n) is 4.57. The van der Waals surface area contributed by atoms with E-state index < -0.39 is 5.97 Å². The Bertz CT molecular complexity index is 168. The highest BCUT2D eigenvalue weighted by molar-refractivity contribution is 5.72. The zero-order valence-corrected chi connectivity index (χ0v) is 7.71. The molecule has 2 atom stereocenters. The van der Waals surface area contributed by atoms with Crippen LogP contribution < -0.4 is 5.32 Å². The van der Waals surface area contributed by atoms with Gasteiger partial charge in [-0.15, -0.1) is 0 Å². The van der Waals surface area contributed by atoms with Crippen molar-refractivity contribution in [1.82, 2.24) is 5.32 Å². The van der Waals surface area contributed by atoms with Crippen molar-refractivity contribution in [2.45, 2.75) is 32.7 Å². The molecule has 0 aromatic heterocycles. The minimum atomic E-state index is -0.650. The zero-order valence-electron chi connectivity index (χ0n) is 7.71. The van der Waals surface area contributed by atoms with Gasteiger partial charge in [0.05, 0.1) is 5.92 Å². The first kappa shape index (κ1) is 9.52. The van der Waals surface area contributed by atoms with Crippen LogP contribution in [0, 0.1) is 11.8 Å². The summed E-state index contributed by atoms with van der Waals surface area (Å²) in [6.45, 7) is 5.18. The summed E-state index contributed by atoms with van der Waals surface area (Å²) in [6.07, 6.45) is 1.86. The fourth-order valence-electron chi connectivity index (χ4n) is 1.43. The Labute approximate surface area is 73.2 Å². The number of nitrogens with one attached hydrogen (secondary N) is 1. The molecule has 1 rings (SSSR count). The Hall–Kier alpha value is -0.570. The number of aliphatic carboxylic acids is 1. The molecule has 0 radical (unpaired) electrons. The van der Waals surface area contributed by atoms with E-state index in [0.29, 0.717) is 5.92 Å². The Morgan fingerprint density at radius 1 is 1.58 bits per heavy atom. The lowest BCUT2D eigenvalue weighted by atomic mass is 9.79. The smallest absolute Gasteiger partial charge is 0.308 e. The third-order valence-corrected chi connectivity index (χ3v) is 2.38. The van der Waals surface area contributed by atoms with Gasteiger partial charge in [-0.3, -0.25) is 4.79 Å². The van der Waals surface area contributed by atoms with Crippen LogP contribution in [0.3, 0.4) is 0 Å². The zero-order chi connectivity index (χ0) is 9.14. The summed E-state index contributed by atoms with van der Waals surface area (Å²) in [7, 11) is 0. The summed E-state index contributed by atoms with van der Waals surface area (Å²) < 4.78 is 0. The molecule has 70 valence electrons. The average Bonchev–Trinajstić information content (AvgIpc) is 1.82. The summed E-state index contributed by atoms with van der Waals surface area (Å²) in [5.41, 5.74) is 0. The molecule has 0 amide bonds. The number of carboxylic acids is 1. The quantitative estimate of drug-likeness (QED) is 0.665. The molecule has 0 aliphatic heterocycles. The molecule has 3 nitrogen and oxygen atoms in total. The summed E-state index contributed by atoms with van der Waals surface area (Å²) in [4.78, 5) is 10.6. The minimum absolute atomic E-state index is 0.135. The molecule has 1 aliphatic rings. The van der Waals surface area contributed by atoms with Crippen molar-refractivity contribution in [3.63, 3.8) is 0 Å². The first-order chi connectivity index (χ1) is 5.61. The Balaban J connectivity index is 2.21. The van der Waals surface area contributed by atoms with Gasteiger partial charge in [-0.25, -0.2) is 0 Å². The molecule has 12 heavy (non-hydrogen) atoms. The maximum absolute atomic E-state index is 10.6. The van der Waals surface area contributed by atoms with Crippen LogP contribution in [0.1, 0.15) is 26.7 Å². The van der Waals surface area contributed by atoms with E-state index in [1.807, 2.05) is 0 Å². The van der Waals surface area contributed by atoms with Crippen LogP contribution in [-0.2, 0) is 4.79 Å². The average molecular weight is 171 g/mol. The van der Waals surface area contributed by atoms with Crippen LogP contribution in [0.4, 0.5) is 0 Å². The summed E-state index contributed by atoms with van der Waals surface area (Å²) in [6, 6.07) is 0.227. The molecule has 1 aliphatic carbocycles. The summed E-state index contributed by atoms with van der Waals surface area (Å²) >= 11 is 0. The monoisotopic (exact) mass is 171 g/mol. The number of carboxylic acid groups (broad SMARTS) is 1. The predicted molar refractivity (Wildman–Crippen MR) is 47.0 cm³/mol. The van der Waals surface area contributed by atoms with Crippen molar-refractivity contribution in [3.8, 4) is 0 Å². The normalized spacial score (nSPS) is 28.6. The highest BCUT2D eigenvalue weighted by Gasteiger charge is 2.35. The maximum Gasteiger partial charge on any atom is 0.308 e. The maximum atomic E-state index is 10.6. The lowest BCUT2D eigenvalue weighted by molar-refractivity contribution is -0.146. The summed E-state index contributed by atoms with van der Waals surface area (Å²) in [5, 5.41) is 12.0. The minimum Gasteiger partial charge on any atom is -0.481 e. The molecule has 0 aromatic carbocycles. The Kier molecular flexibility index (Phi) is 3.09. The third kappa shape index (κ3) is 2.21. The van der Waals surface area contributed by atoms with Gasteiger partial charge in [-0.2, -0.15) is 0 Å². The van der Waals surface area contributed by atoms with Crippen LogP contribution >= 0.6 is 0 Å². The SMILES string of the molecule is CC(C)CNC1CCC1C(=O)O. The van der Waals surface area contributed by atoms with Crippen molar-refractivity contribution in [1.29, 1.82) is 0 Å². The second kappa shape index (κ2) is 3.90. The highest BCUT2D eigenvalue weighted by Crippen LogP contribution is 2.27. The summed E-state index contributed by atoms with van der Waals surface area (Å²) in [5.74, 6) is -0.189. The van der Waals surface area contributed by atoms with Gasteiger partial charge in [0.2, 0.25) is 0 Å². The fourth-order valence-corrected chi connectivity index (χ4v) is 1.43. The topological polar surface area (TPSA) is 49.3 Å². The Morgan fingerprint density at radius 2 is 2.25 bits per heavy atom. The molecule has 2 N–H and O–H groups in total. The molecule has 0 heterocycles. The molecular weight excluding hydrogens is 154 g/mol. The van der Waals surface area contributed by atoms with Gasteiger partial charge < -0.3 is 10.4 Å². The molecule has 3 heteroatoms. The molecule has 0 bridgehead atoms. The molecule has 0 spiro atoms. The van der Waals surface area contributed by atoms with E-state index in [0.717, 1.165) is 19.4 Å². The van der Waals surface area contributed by atoms with E-state index in [-0.39, 0.29) is 12.0 Å².